The van der Waals surface area contributed by atoms with Gasteiger partial charge in [0.05, 0.1) is 18.4 Å². The van der Waals surface area contributed by atoms with Gasteiger partial charge in [0.1, 0.15) is 5.60 Å². The van der Waals surface area contributed by atoms with Gasteiger partial charge >= 0.3 is 5.97 Å². The van der Waals surface area contributed by atoms with Gasteiger partial charge in [0.2, 0.25) is 0 Å². The van der Waals surface area contributed by atoms with Crippen LogP contribution in [0.25, 0.3) is 0 Å². The van der Waals surface area contributed by atoms with E-state index >= 15 is 0 Å². The van der Waals surface area contributed by atoms with Crippen molar-refractivity contribution < 1.29 is 24.9 Å². The molecule has 5 heteroatoms. The van der Waals surface area contributed by atoms with Gasteiger partial charge in [0, 0.05) is 0 Å². The van der Waals surface area contributed by atoms with Crippen molar-refractivity contribution in [3.8, 4) is 0 Å². The van der Waals surface area contributed by atoms with Crippen LogP contribution in [0.15, 0.2) is 11.1 Å². The number of hydrogen-bond donors (Lipinski definition) is 3. The Bertz CT molecular complexity index is 412. The number of carbonyl (C=O) groups is 2. The van der Waals surface area contributed by atoms with E-state index in [1.165, 1.54) is 0 Å². The molecule has 0 radical (unpaired) electrons. The molecule has 5 nitrogen and oxygen atoms in total. The van der Waals surface area contributed by atoms with Gasteiger partial charge < -0.3 is 15.3 Å². The van der Waals surface area contributed by atoms with Crippen LogP contribution in [0, 0.1) is 5.92 Å². The van der Waals surface area contributed by atoms with Crippen molar-refractivity contribution in [1.29, 1.82) is 0 Å². The van der Waals surface area contributed by atoms with Gasteiger partial charge in [-0.15, -0.1) is 0 Å². The van der Waals surface area contributed by atoms with Crippen molar-refractivity contribution in [3.05, 3.63) is 11.1 Å². The smallest absolute Gasteiger partial charge is 0.304 e. The Kier molecular flexibility index (Phi) is 4.87. The molecule has 1 rings (SSSR count). The Balaban J connectivity index is 3.09. The molecule has 3 N–H and O–H groups in total. The molecule has 0 aromatic rings. The molecule has 0 aromatic carbocycles. The highest BCUT2D eigenvalue weighted by molar-refractivity contribution is 6.03. The summed E-state index contributed by atoms with van der Waals surface area (Å²) in [6.07, 6.45) is 0.336. The fourth-order valence-electron chi connectivity index (χ4n) is 2.73. The summed E-state index contributed by atoms with van der Waals surface area (Å²) in [6, 6.07) is 0. The molecular weight excluding hydrogens is 248 g/mol. The largest absolute Gasteiger partial charge is 0.481 e. The van der Waals surface area contributed by atoms with Crippen LogP contribution in [0.1, 0.15) is 46.5 Å². The first kappa shape index (κ1) is 15.9. The van der Waals surface area contributed by atoms with Crippen LogP contribution < -0.4 is 0 Å². The standard InChI is InChI=1S/C14H22O5/c1-4-5-6-11(15)14(19)9(3)8(2)13(18)10(14)7-12(16)17/h10-11,15,19H,4-7H2,1-3H3,(H,16,17)/t10-,11-,14+/m0/s1. The third-order valence-corrected chi connectivity index (χ3v) is 4.10. The van der Waals surface area contributed by atoms with Gasteiger partial charge in [-0.1, -0.05) is 19.8 Å². The molecule has 0 aromatic heterocycles. The first-order valence-corrected chi connectivity index (χ1v) is 6.61. The zero-order valence-electron chi connectivity index (χ0n) is 11.6. The lowest BCUT2D eigenvalue weighted by Crippen LogP contribution is -2.49. The maximum atomic E-state index is 12.1. The Morgan fingerprint density at radius 2 is 2.00 bits per heavy atom. The minimum absolute atomic E-state index is 0.348. The van der Waals surface area contributed by atoms with Crippen LogP contribution in [0.4, 0.5) is 0 Å². The van der Waals surface area contributed by atoms with E-state index in [9.17, 15) is 19.8 Å². The van der Waals surface area contributed by atoms with E-state index in [-0.39, 0.29) is 5.78 Å². The van der Waals surface area contributed by atoms with Gasteiger partial charge in [-0.25, -0.2) is 0 Å². The third-order valence-electron chi connectivity index (χ3n) is 4.10. The quantitative estimate of drug-likeness (QED) is 0.675. The molecule has 0 unspecified atom stereocenters. The maximum Gasteiger partial charge on any atom is 0.304 e. The first-order valence-electron chi connectivity index (χ1n) is 6.61. The van der Waals surface area contributed by atoms with Gasteiger partial charge in [0.15, 0.2) is 5.78 Å². The topological polar surface area (TPSA) is 94.8 Å². The molecular formula is C14H22O5. The molecule has 0 fully saturated rings. The Morgan fingerprint density at radius 1 is 1.42 bits per heavy atom. The van der Waals surface area contributed by atoms with E-state index < -0.39 is 30.0 Å². The monoisotopic (exact) mass is 270 g/mol. The molecule has 0 amide bonds. The average Bonchev–Trinajstić information content (AvgIpc) is 2.52. The third kappa shape index (κ3) is 2.72. The molecule has 108 valence electrons. The molecule has 1 aliphatic rings. The van der Waals surface area contributed by atoms with Crippen molar-refractivity contribution in [2.45, 2.75) is 58.2 Å². The highest BCUT2D eigenvalue weighted by atomic mass is 16.4. The minimum Gasteiger partial charge on any atom is -0.481 e. The number of allylic oxidation sites excluding steroid dienone is 1. The van der Waals surface area contributed by atoms with Gasteiger partial charge in [-0.3, -0.25) is 9.59 Å². The molecule has 1 aliphatic carbocycles. The van der Waals surface area contributed by atoms with E-state index in [0.29, 0.717) is 24.0 Å². The maximum absolute atomic E-state index is 12.1. The molecule has 0 heterocycles. The summed E-state index contributed by atoms with van der Waals surface area (Å²) < 4.78 is 0. The lowest BCUT2D eigenvalue weighted by atomic mass is 9.78. The molecule has 0 spiro atoms. The van der Waals surface area contributed by atoms with Crippen LogP contribution >= 0.6 is 0 Å². The molecule has 0 bridgehead atoms. The summed E-state index contributed by atoms with van der Waals surface area (Å²) in [7, 11) is 0. The number of carboxylic acid groups (broad SMARTS) is 1. The summed E-state index contributed by atoms with van der Waals surface area (Å²) in [5.74, 6) is -2.61. The van der Waals surface area contributed by atoms with Gasteiger partial charge in [-0.2, -0.15) is 0 Å². The molecule has 0 saturated heterocycles. The number of unbranched alkanes of at least 4 members (excludes halogenated alkanes) is 1. The number of ketones is 1. The van der Waals surface area contributed by atoms with Crippen molar-refractivity contribution in [3.63, 3.8) is 0 Å². The highest BCUT2D eigenvalue weighted by Gasteiger charge is 2.54. The first-order chi connectivity index (χ1) is 8.76. The van der Waals surface area contributed by atoms with E-state index in [1.807, 2.05) is 6.92 Å². The number of Topliss-reactive ketones (excluding diaryl/α,β-unsaturated/α-hetero) is 1. The van der Waals surface area contributed by atoms with E-state index in [4.69, 9.17) is 5.11 Å². The van der Waals surface area contributed by atoms with Crippen LogP contribution in [0.5, 0.6) is 0 Å². The highest BCUT2D eigenvalue weighted by Crippen LogP contribution is 2.43. The number of hydrogen-bond acceptors (Lipinski definition) is 4. The van der Waals surface area contributed by atoms with Crippen LogP contribution in [-0.2, 0) is 9.59 Å². The van der Waals surface area contributed by atoms with Crippen LogP contribution in [0.3, 0.4) is 0 Å². The fourth-order valence-corrected chi connectivity index (χ4v) is 2.73. The second kappa shape index (κ2) is 5.84. The van der Waals surface area contributed by atoms with E-state index in [0.717, 1.165) is 6.42 Å². The zero-order chi connectivity index (χ0) is 14.8. The number of rotatable bonds is 6. The summed E-state index contributed by atoms with van der Waals surface area (Å²) >= 11 is 0. The van der Waals surface area contributed by atoms with Crippen molar-refractivity contribution in [1.82, 2.24) is 0 Å². The Hall–Kier alpha value is -1.20. The Labute approximate surface area is 112 Å². The summed E-state index contributed by atoms with van der Waals surface area (Å²) in [5, 5.41) is 29.8. The van der Waals surface area contributed by atoms with Crippen LogP contribution in [0.2, 0.25) is 0 Å². The number of carboxylic acids is 1. The van der Waals surface area contributed by atoms with Crippen LogP contribution in [-0.4, -0.2) is 38.8 Å². The molecule has 0 saturated carbocycles. The van der Waals surface area contributed by atoms with Crippen molar-refractivity contribution >= 4 is 11.8 Å². The minimum atomic E-state index is -1.74. The normalized spacial score (nSPS) is 28.9. The summed E-state index contributed by atoms with van der Waals surface area (Å²) in [6.45, 7) is 5.11. The predicted octanol–water partition coefficient (Wildman–Crippen LogP) is 1.28. The summed E-state index contributed by atoms with van der Waals surface area (Å²) in [5.41, 5.74) is -0.981. The SMILES string of the molecule is CCCC[C@H](O)[C@@]1(O)C(C)=C(C)C(=O)[C@@H]1CC(=O)O. The van der Waals surface area contributed by atoms with Gasteiger partial charge in [-0.05, 0) is 31.4 Å². The van der Waals surface area contributed by atoms with Crippen molar-refractivity contribution in [2.24, 2.45) is 5.92 Å². The number of carbonyl (C=O) groups excluding carboxylic acids is 1. The second-order valence-electron chi connectivity index (χ2n) is 5.25. The summed E-state index contributed by atoms with van der Waals surface area (Å²) in [4.78, 5) is 22.9. The van der Waals surface area contributed by atoms with Gasteiger partial charge in [0.25, 0.3) is 0 Å². The van der Waals surface area contributed by atoms with E-state index in [1.54, 1.807) is 13.8 Å². The molecule has 0 aliphatic heterocycles. The molecule has 3 atom stereocenters. The molecule has 19 heavy (non-hydrogen) atoms. The lowest BCUT2D eigenvalue weighted by Gasteiger charge is -2.35. The number of aliphatic hydroxyl groups excluding tert-OH is 1. The second-order valence-corrected chi connectivity index (χ2v) is 5.25. The fraction of sp³-hybridized carbons (Fsp3) is 0.714. The average molecular weight is 270 g/mol. The lowest BCUT2D eigenvalue weighted by molar-refractivity contribution is -0.148. The number of aliphatic carboxylic acids is 1. The van der Waals surface area contributed by atoms with E-state index in [2.05, 4.69) is 0 Å². The zero-order valence-corrected chi connectivity index (χ0v) is 11.6. The Morgan fingerprint density at radius 3 is 2.47 bits per heavy atom. The number of aliphatic hydroxyl groups is 2. The van der Waals surface area contributed by atoms with Crippen molar-refractivity contribution in [2.75, 3.05) is 0 Å². The predicted molar refractivity (Wildman–Crippen MR) is 69.6 cm³/mol.